The van der Waals surface area contributed by atoms with Crippen LogP contribution in [0.5, 0.6) is 0 Å². The average Bonchev–Trinajstić information content (AvgIpc) is 2.60. The molecule has 2 aromatic heterocycles. The fourth-order valence-electron chi connectivity index (χ4n) is 1.51. The van der Waals surface area contributed by atoms with Crippen molar-refractivity contribution in [1.29, 1.82) is 0 Å². The molecule has 0 radical (unpaired) electrons. The van der Waals surface area contributed by atoms with Gasteiger partial charge in [0.2, 0.25) is 0 Å². The molecule has 0 atom stereocenters. The van der Waals surface area contributed by atoms with Crippen LogP contribution >= 0.6 is 0 Å². The lowest BCUT2D eigenvalue weighted by Crippen LogP contribution is -2.21. The maximum absolute atomic E-state index is 11.4. The van der Waals surface area contributed by atoms with Crippen molar-refractivity contribution in [3.8, 4) is 0 Å². The Hall–Kier alpha value is -2.38. The maximum Gasteiger partial charge on any atom is 0.327 e. The van der Waals surface area contributed by atoms with Gasteiger partial charge in [0, 0.05) is 12.8 Å². The lowest BCUT2D eigenvalue weighted by atomic mass is 10.2. The van der Waals surface area contributed by atoms with E-state index in [1.165, 1.54) is 0 Å². The number of imidazole rings is 1. The first-order valence-electron chi connectivity index (χ1n) is 4.99. The zero-order valence-corrected chi connectivity index (χ0v) is 8.74. The van der Waals surface area contributed by atoms with Gasteiger partial charge in [0.15, 0.2) is 5.65 Å². The first kappa shape index (κ1) is 11.1. The standard InChI is InChI=1S/C9H10N4O4/c14-5(15)3-1-2-4-10-6-7(11-4)12-9(17)13-8(6)16/h1-3H2,(H,14,15)(H3,10,11,12,13,16,17). The minimum atomic E-state index is -0.882. The third kappa shape index (κ3) is 2.41. The van der Waals surface area contributed by atoms with Crippen molar-refractivity contribution in [3.63, 3.8) is 0 Å². The van der Waals surface area contributed by atoms with Gasteiger partial charge in [0.05, 0.1) is 0 Å². The number of aliphatic carboxylic acids is 1. The van der Waals surface area contributed by atoms with E-state index >= 15 is 0 Å². The van der Waals surface area contributed by atoms with Crippen molar-refractivity contribution in [3.05, 3.63) is 26.7 Å². The van der Waals surface area contributed by atoms with E-state index in [4.69, 9.17) is 5.11 Å². The average molecular weight is 238 g/mol. The lowest BCUT2D eigenvalue weighted by Gasteiger charge is -1.92. The Morgan fingerprint density at radius 3 is 2.71 bits per heavy atom. The Bertz CT molecular complexity index is 665. The summed E-state index contributed by atoms with van der Waals surface area (Å²) in [7, 11) is 0. The minimum Gasteiger partial charge on any atom is -0.481 e. The van der Waals surface area contributed by atoms with Gasteiger partial charge >= 0.3 is 11.7 Å². The number of nitrogens with zero attached hydrogens (tertiary/aromatic N) is 1. The smallest absolute Gasteiger partial charge is 0.327 e. The molecule has 0 bridgehead atoms. The number of nitrogens with one attached hydrogen (secondary N) is 3. The highest BCUT2D eigenvalue weighted by atomic mass is 16.4. The fourth-order valence-corrected chi connectivity index (χ4v) is 1.51. The predicted molar refractivity (Wildman–Crippen MR) is 57.9 cm³/mol. The Kier molecular flexibility index (Phi) is 2.77. The number of fused-ring (bicyclic) bond motifs is 1. The lowest BCUT2D eigenvalue weighted by molar-refractivity contribution is -0.137. The van der Waals surface area contributed by atoms with Crippen LogP contribution in [0.25, 0.3) is 11.2 Å². The second-order valence-electron chi connectivity index (χ2n) is 3.56. The van der Waals surface area contributed by atoms with Gasteiger partial charge in [-0.2, -0.15) is 0 Å². The van der Waals surface area contributed by atoms with Crippen molar-refractivity contribution in [2.45, 2.75) is 19.3 Å². The number of H-pyrrole nitrogens is 3. The molecule has 2 aromatic rings. The van der Waals surface area contributed by atoms with Crippen molar-refractivity contribution in [2.75, 3.05) is 0 Å². The molecule has 0 amide bonds. The Balaban J connectivity index is 2.26. The van der Waals surface area contributed by atoms with E-state index in [2.05, 4.69) is 19.9 Å². The molecule has 8 nitrogen and oxygen atoms in total. The van der Waals surface area contributed by atoms with E-state index in [9.17, 15) is 14.4 Å². The van der Waals surface area contributed by atoms with E-state index in [0.717, 1.165) is 0 Å². The fraction of sp³-hybridized carbons (Fsp3) is 0.333. The summed E-state index contributed by atoms with van der Waals surface area (Å²) in [6, 6.07) is 0. The second-order valence-corrected chi connectivity index (χ2v) is 3.56. The minimum absolute atomic E-state index is 0.0317. The number of aromatic amines is 3. The van der Waals surface area contributed by atoms with Crippen LogP contribution in [-0.4, -0.2) is 31.0 Å². The van der Waals surface area contributed by atoms with Gasteiger partial charge in [0.1, 0.15) is 11.3 Å². The molecule has 2 heterocycles. The number of rotatable bonds is 4. The highest BCUT2D eigenvalue weighted by molar-refractivity contribution is 5.68. The molecule has 0 aliphatic rings. The number of carboxylic acids is 1. The predicted octanol–water partition coefficient (Wildman–Crippen LogP) is -0.653. The zero-order chi connectivity index (χ0) is 12.4. The number of carbonyl (C=O) groups is 1. The molecule has 0 aliphatic heterocycles. The molecule has 0 fully saturated rings. The summed E-state index contributed by atoms with van der Waals surface area (Å²) < 4.78 is 0. The van der Waals surface area contributed by atoms with Crippen LogP contribution in [0.4, 0.5) is 0 Å². The first-order valence-corrected chi connectivity index (χ1v) is 4.99. The zero-order valence-electron chi connectivity index (χ0n) is 8.74. The highest BCUT2D eigenvalue weighted by Crippen LogP contribution is 2.05. The summed E-state index contributed by atoms with van der Waals surface area (Å²) in [5.41, 5.74) is -0.786. The number of aromatic nitrogens is 4. The van der Waals surface area contributed by atoms with Crippen molar-refractivity contribution in [1.82, 2.24) is 19.9 Å². The molecular formula is C9H10N4O4. The van der Waals surface area contributed by atoms with Crippen molar-refractivity contribution >= 4 is 17.1 Å². The van der Waals surface area contributed by atoms with Gasteiger partial charge in [-0.15, -0.1) is 0 Å². The molecule has 0 aromatic carbocycles. The normalized spacial score (nSPS) is 10.8. The summed E-state index contributed by atoms with van der Waals surface area (Å²) in [5, 5.41) is 8.48. The molecule has 4 N–H and O–H groups in total. The topological polar surface area (TPSA) is 132 Å². The van der Waals surface area contributed by atoms with Crippen LogP contribution in [0.1, 0.15) is 18.7 Å². The van der Waals surface area contributed by atoms with Crippen LogP contribution in [0.3, 0.4) is 0 Å². The summed E-state index contributed by atoms with van der Waals surface area (Å²) in [6.45, 7) is 0. The van der Waals surface area contributed by atoms with Gasteiger partial charge in [-0.05, 0) is 6.42 Å². The maximum atomic E-state index is 11.4. The molecule has 2 rings (SSSR count). The van der Waals surface area contributed by atoms with Gasteiger partial charge in [-0.3, -0.25) is 19.6 Å². The van der Waals surface area contributed by atoms with Gasteiger partial charge in [-0.1, -0.05) is 0 Å². The molecule has 0 aliphatic carbocycles. The molecule has 0 unspecified atom stereocenters. The van der Waals surface area contributed by atoms with Crippen LogP contribution in [-0.2, 0) is 11.2 Å². The first-order chi connectivity index (χ1) is 8.06. The van der Waals surface area contributed by atoms with E-state index in [-0.39, 0.29) is 17.6 Å². The van der Waals surface area contributed by atoms with Crippen LogP contribution in [0, 0.1) is 0 Å². The molecule has 17 heavy (non-hydrogen) atoms. The summed E-state index contributed by atoms with van der Waals surface area (Å²) in [6.07, 6.45) is 0.851. The van der Waals surface area contributed by atoms with Gasteiger partial charge in [0.25, 0.3) is 5.56 Å². The molecule has 0 saturated carbocycles. The third-order valence-corrected chi connectivity index (χ3v) is 2.24. The summed E-state index contributed by atoms with van der Waals surface area (Å²) >= 11 is 0. The van der Waals surface area contributed by atoms with E-state index < -0.39 is 17.2 Å². The third-order valence-electron chi connectivity index (χ3n) is 2.24. The Labute approximate surface area is 93.7 Å². The molecule has 0 saturated heterocycles. The molecular weight excluding hydrogens is 228 g/mol. The number of carboxylic acid groups (broad SMARTS) is 1. The van der Waals surface area contributed by atoms with Crippen LogP contribution in [0.2, 0.25) is 0 Å². The summed E-state index contributed by atoms with van der Waals surface area (Å²) in [4.78, 5) is 43.9. The Morgan fingerprint density at radius 1 is 1.24 bits per heavy atom. The van der Waals surface area contributed by atoms with Gasteiger partial charge in [-0.25, -0.2) is 9.78 Å². The van der Waals surface area contributed by atoms with Crippen LogP contribution < -0.4 is 11.2 Å². The quantitative estimate of drug-likeness (QED) is 0.561. The molecule has 8 heteroatoms. The molecule has 90 valence electrons. The van der Waals surface area contributed by atoms with E-state index in [1.54, 1.807) is 0 Å². The van der Waals surface area contributed by atoms with E-state index in [0.29, 0.717) is 18.7 Å². The Morgan fingerprint density at radius 2 is 2.00 bits per heavy atom. The number of hydrogen-bond acceptors (Lipinski definition) is 4. The molecule has 0 spiro atoms. The van der Waals surface area contributed by atoms with Crippen LogP contribution in [0.15, 0.2) is 9.59 Å². The summed E-state index contributed by atoms with van der Waals surface area (Å²) in [5.74, 6) is -0.402. The number of aryl methyl sites for hydroxylation is 1. The SMILES string of the molecule is O=C(O)CCCc1nc2[nH]c(=O)[nH]c(=O)c2[nH]1. The number of hydrogen-bond donors (Lipinski definition) is 4. The largest absolute Gasteiger partial charge is 0.481 e. The monoisotopic (exact) mass is 238 g/mol. The van der Waals surface area contributed by atoms with E-state index in [1.807, 2.05) is 0 Å². The highest BCUT2D eigenvalue weighted by Gasteiger charge is 2.07. The van der Waals surface area contributed by atoms with Crippen molar-refractivity contribution < 1.29 is 9.90 Å². The van der Waals surface area contributed by atoms with Crippen molar-refractivity contribution in [2.24, 2.45) is 0 Å². The second kappa shape index (κ2) is 4.24. The van der Waals surface area contributed by atoms with Gasteiger partial charge < -0.3 is 10.1 Å².